The Hall–Kier alpha value is -1.51. The van der Waals surface area contributed by atoms with E-state index in [2.05, 4.69) is 4.98 Å². The van der Waals surface area contributed by atoms with Crippen molar-refractivity contribution >= 4 is 15.9 Å². The number of rotatable bonds is 4. The Morgan fingerprint density at radius 2 is 2.04 bits per heavy atom. The highest BCUT2D eigenvalue weighted by atomic mass is 32.2. The van der Waals surface area contributed by atoms with E-state index >= 15 is 0 Å². The minimum atomic E-state index is -3.81. The van der Waals surface area contributed by atoms with Gasteiger partial charge in [-0.1, -0.05) is 6.07 Å². The third-order valence-corrected chi connectivity index (χ3v) is 6.26. The Morgan fingerprint density at radius 1 is 1.30 bits per heavy atom. The first-order valence-electron chi connectivity index (χ1n) is 7.78. The van der Waals surface area contributed by atoms with Gasteiger partial charge in [0.05, 0.1) is 6.10 Å². The van der Waals surface area contributed by atoms with Crippen molar-refractivity contribution in [3.05, 3.63) is 24.4 Å². The van der Waals surface area contributed by atoms with Crippen LogP contribution in [0.2, 0.25) is 0 Å². The van der Waals surface area contributed by atoms with Crippen molar-refractivity contribution in [1.82, 2.24) is 14.2 Å². The molecule has 7 nitrogen and oxygen atoms in total. The third kappa shape index (κ3) is 3.11. The number of nitrogens with zero attached hydrogens (tertiary/aromatic N) is 3. The number of carbonyl (C=O) groups excluding carboxylic acids is 1. The summed E-state index contributed by atoms with van der Waals surface area (Å²) in [5.41, 5.74) is 0. The lowest BCUT2D eigenvalue weighted by molar-refractivity contribution is -0.133. The van der Waals surface area contributed by atoms with Crippen molar-refractivity contribution in [1.29, 1.82) is 0 Å². The Balaban J connectivity index is 1.89. The summed E-state index contributed by atoms with van der Waals surface area (Å²) in [4.78, 5) is 18.4. The molecule has 23 heavy (non-hydrogen) atoms. The molecule has 2 fully saturated rings. The molecule has 0 radical (unpaired) electrons. The molecule has 2 aliphatic heterocycles. The second-order valence-electron chi connectivity index (χ2n) is 5.88. The summed E-state index contributed by atoms with van der Waals surface area (Å²) in [6.45, 7) is 1.58. The van der Waals surface area contributed by atoms with E-state index in [1.165, 1.54) is 16.6 Å². The predicted octanol–water partition coefficient (Wildman–Crippen LogP) is 0.482. The van der Waals surface area contributed by atoms with Gasteiger partial charge in [0, 0.05) is 39.4 Å². The van der Waals surface area contributed by atoms with Crippen molar-refractivity contribution in [2.45, 2.75) is 36.4 Å². The van der Waals surface area contributed by atoms with Crippen LogP contribution >= 0.6 is 0 Å². The van der Waals surface area contributed by atoms with E-state index in [4.69, 9.17) is 4.74 Å². The van der Waals surface area contributed by atoms with Gasteiger partial charge in [0.2, 0.25) is 5.91 Å². The largest absolute Gasteiger partial charge is 0.380 e. The number of methoxy groups -OCH3 is 1. The van der Waals surface area contributed by atoms with Gasteiger partial charge in [-0.2, -0.15) is 4.31 Å². The van der Waals surface area contributed by atoms with Gasteiger partial charge in [-0.25, -0.2) is 13.4 Å². The number of sulfonamides is 1. The lowest BCUT2D eigenvalue weighted by Gasteiger charge is -2.26. The molecule has 0 aromatic carbocycles. The first kappa shape index (κ1) is 16.4. The van der Waals surface area contributed by atoms with E-state index in [-0.39, 0.29) is 23.6 Å². The van der Waals surface area contributed by atoms with Crippen molar-refractivity contribution in [2.24, 2.45) is 0 Å². The number of carbonyl (C=O) groups is 1. The summed E-state index contributed by atoms with van der Waals surface area (Å²) in [5, 5.41) is -0.0315. The summed E-state index contributed by atoms with van der Waals surface area (Å²) in [6, 6.07) is 4.03. The second-order valence-corrected chi connectivity index (χ2v) is 7.72. The van der Waals surface area contributed by atoms with Crippen molar-refractivity contribution in [2.75, 3.05) is 26.7 Å². The van der Waals surface area contributed by atoms with Gasteiger partial charge in [-0.05, 0) is 25.0 Å². The zero-order valence-corrected chi connectivity index (χ0v) is 13.9. The molecular weight excluding hydrogens is 318 g/mol. The lowest BCUT2D eigenvalue weighted by Crippen LogP contribution is -2.47. The number of aromatic nitrogens is 1. The topological polar surface area (TPSA) is 79.8 Å². The molecule has 2 aliphatic rings. The minimum absolute atomic E-state index is 0.0315. The normalized spacial score (nSPS) is 25.9. The molecule has 2 atom stereocenters. The molecule has 0 N–H and O–H groups in total. The molecule has 8 heteroatoms. The number of pyridine rings is 1. The standard InChI is InChI=1S/C15H21N3O4S/c1-22-12-10-13(15(19)17-8-4-5-9-17)18(11-12)23(20,21)14-6-2-3-7-16-14/h2-3,6-7,12-13H,4-5,8-11H2,1H3/t12-,13-/m0/s1. The first-order chi connectivity index (χ1) is 11.0. The van der Waals surface area contributed by atoms with E-state index in [9.17, 15) is 13.2 Å². The van der Waals surface area contributed by atoms with Crippen LogP contribution in [0.1, 0.15) is 19.3 Å². The fourth-order valence-corrected chi connectivity index (χ4v) is 4.76. The Labute approximate surface area is 136 Å². The highest BCUT2D eigenvalue weighted by Gasteiger charge is 2.46. The lowest BCUT2D eigenvalue weighted by atomic mass is 10.2. The van der Waals surface area contributed by atoms with Gasteiger partial charge in [-0.3, -0.25) is 4.79 Å². The number of hydrogen-bond donors (Lipinski definition) is 0. The average molecular weight is 339 g/mol. The van der Waals surface area contributed by atoms with Crippen LogP contribution in [0.25, 0.3) is 0 Å². The quantitative estimate of drug-likeness (QED) is 0.797. The molecule has 2 saturated heterocycles. The molecule has 126 valence electrons. The van der Waals surface area contributed by atoms with E-state index in [0.717, 1.165) is 12.8 Å². The van der Waals surface area contributed by atoms with Gasteiger partial charge in [0.25, 0.3) is 10.0 Å². The molecule has 0 saturated carbocycles. The van der Waals surface area contributed by atoms with Gasteiger partial charge in [0.15, 0.2) is 5.03 Å². The van der Waals surface area contributed by atoms with Gasteiger partial charge in [0.1, 0.15) is 6.04 Å². The van der Waals surface area contributed by atoms with Gasteiger partial charge in [-0.15, -0.1) is 0 Å². The summed E-state index contributed by atoms with van der Waals surface area (Å²) < 4.78 is 32.3. The maximum atomic E-state index is 12.9. The molecule has 0 bridgehead atoms. The number of ether oxygens (including phenoxy) is 1. The third-order valence-electron chi connectivity index (χ3n) is 4.46. The Bertz CT molecular complexity index is 659. The maximum absolute atomic E-state index is 12.9. The molecule has 0 aliphatic carbocycles. The smallest absolute Gasteiger partial charge is 0.261 e. The van der Waals surface area contributed by atoms with Crippen LogP contribution in [0.5, 0.6) is 0 Å². The Morgan fingerprint density at radius 3 is 2.65 bits per heavy atom. The highest BCUT2D eigenvalue weighted by molar-refractivity contribution is 7.89. The van der Waals surface area contributed by atoms with Crippen LogP contribution in [0, 0.1) is 0 Å². The van der Waals surface area contributed by atoms with Crippen LogP contribution in [0.3, 0.4) is 0 Å². The molecule has 0 unspecified atom stereocenters. The summed E-state index contributed by atoms with van der Waals surface area (Å²) in [7, 11) is -2.27. The zero-order valence-electron chi connectivity index (χ0n) is 13.1. The predicted molar refractivity (Wildman–Crippen MR) is 83.1 cm³/mol. The van der Waals surface area contributed by atoms with Gasteiger partial charge >= 0.3 is 0 Å². The maximum Gasteiger partial charge on any atom is 0.261 e. The van der Waals surface area contributed by atoms with Crippen LogP contribution < -0.4 is 0 Å². The highest BCUT2D eigenvalue weighted by Crippen LogP contribution is 2.28. The number of amides is 1. The Kier molecular flexibility index (Phi) is 4.65. The van der Waals surface area contributed by atoms with E-state index < -0.39 is 16.1 Å². The number of hydrogen-bond acceptors (Lipinski definition) is 5. The van der Waals surface area contributed by atoms with Crippen LogP contribution in [-0.2, 0) is 19.6 Å². The minimum Gasteiger partial charge on any atom is -0.380 e. The zero-order chi connectivity index (χ0) is 16.4. The monoisotopic (exact) mass is 339 g/mol. The fraction of sp³-hybridized carbons (Fsp3) is 0.600. The molecule has 1 amide bonds. The van der Waals surface area contributed by atoms with Crippen molar-refractivity contribution < 1.29 is 17.9 Å². The van der Waals surface area contributed by atoms with E-state index in [1.807, 2.05) is 0 Å². The second kappa shape index (κ2) is 6.54. The SMILES string of the molecule is CO[C@H]1C[C@@H](C(=O)N2CCCC2)N(S(=O)(=O)c2ccccn2)C1. The van der Waals surface area contributed by atoms with Crippen molar-refractivity contribution in [3.8, 4) is 0 Å². The van der Waals surface area contributed by atoms with Crippen LogP contribution in [-0.4, -0.2) is 67.4 Å². The summed E-state index contributed by atoms with van der Waals surface area (Å²) >= 11 is 0. The van der Waals surface area contributed by atoms with Crippen LogP contribution in [0.15, 0.2) is 29.4 Å². The fourth-order valence-electron chi connectivity index (χ4n) is 3.20. The average Bonchev–Trinajstić information content (AvgIpc) is 3.24. The molecule has 0 spiro atoms. The van der Waals surface area contributed by atoms with Crippen LogP contribution in [0.4, 0.5) is 0 Å². The molecule has 1 aromatic heterocycles. The van der Waals surface area contributed by atoms with E-state index in [0.29, 0.717) is 19.5 Å². The van der Waals surface area contributed by atoms with E-state index in [1.54, 1.807) is 24.1 Å². The molecular formula is C15H21N3O4S. The molecule has 3 heterocycles. The van der Waals surface area contributed by atoms with Crippen molar-refractivity contribution in [3.63, 3.8) is 0 Å². The molecule has 3 rings (SSSR count). The summed E-state index contributed by atoms with van der Waals surface area (Å²) in [5.74, 6) is -0.124. The first-order valence-corrected chi connectivity index (χ1v) is 9.22. The number of likely N-dealkylation sites (tertiary alicyclic amines) is 1. The summed E-state index contributed by atoms with van der Waals surface area (Å²) in [6.07, 6.45) is 3.50. The van der Waals surface area contributed by atoms with Gasteiger partial charge < -0.3 is 9.64 Å². The molecule has 1 aromatic rings.